The minimum Gasteiger partial charge on any atom is -0.543 e. The van der Waals surface area contributed by atoms with E-state index in [9.17, 15) is 0 Å². The van der Waals surface area contributed by atoms with E-state index in [4.69, 9.17) is 18.6 Å². The first kappa shape index (κ1) is 24.7. The van der Waals surface area contributed by atoms with Crippen molar-refractivity contribution in [1.29, 1.82) is 0 Å². The molecule has 0 radical (unpaired) electrons. The lowest BCUT2D eigenvalue weighted by Crippen LogP contribution is -2.43. The molecule has 0 aliphatic heterocycles. The van der Waals surface area contributed by atoms with Crippen LogP contribution in [0.25, 0.3) is 5.76 Å². The van der Waals surface area contributed by atoms with Crippen LogP contribution in [0.4, 0.5) is 0 Å². The number of rotatable bonds is 9. The summed E-state index contributed by atoms with van der Waals surface area (Å²) in [5.74, 6) is 1.75. The minimum absolute atomic E-state index is 0.0886. The first-order chi connectivity index (χ1) is 12.8. The Hall–Kier alpha value is -1.30. The zero-order chi connectivity index (χ0) is 21.6. The van der Waals surface area contributed by atoms with Gasteiger partial charge in [0.2, 0.25) is 8.32 Å². The van der Waals surface area contributed by atoms with Gasteiger partial charge in [-0.3, -0.25) is 0 Å². The maximum absolute atomic E-state index is 6.49. The summed E-state index contributed by atoms with van der Waals surface area (Å²) < 4.78 is 23.3. The summed E-state index contributed by atoms with van der Waals surface area (Å²) >= 11 is 0. The van der Waals surface area contributed by atoms with Gasteiger partial charge in [-0.2, -0.15) is 0 Å². The Morgan fingerprint density at radius 1 is 0.964 bits per heavy atom. The lowest BCUT2D eigenvalue weighted by molar-refractivity contribution is 0.0764. The van der Waals surface area contributed by atoms with Crippen molar-refractivity contribution in [3.05, 3.63) is 35.4 Å². The number of methoxy groups -OCH3 is 2. The zero-order valence-electron chi connectivity index (χ0n) is 19.6. The Kier molecular flexibility index (Phi) is 8.79. The van der Waals surface area contributed by atoms with E-state index in [0.717, 1.165) is 22.6 Å². The maximum Gasteiger partial charge on any atom is 0.250 e. The molecule has 0 fully saturated rings. The second-order valence-corrected chi connectivity index (χ2v) is 14.4. The molecule has 0 heterocycles. The number of benzene rings is 1. The molecule has 1 aromatic carbocycles. The van der Waals surface area contributed by atoms with Gasteiger partial charge in [-0.1, -0.05) is 53.7 Å². The van der Waals surface area contributed by atoms with Crippen LogP contribution in [-0.4, -0.2) is 42.4 Å². The van der Waals surface area contributed by atoms with Gasteiger partial charge >= 0.3 is 0 Å². The quantitative estimate of drug-likeness (QED) is 0.279. The molecule has 0 amide bonds. The minimum atomic E-state index is -1.90. The summed E-state index contributed by atoms with van der Waals surface area (Å²) in [5, 5.41) is 0.148. The predicted octanol–water partition coefficient (Wildman–Crippen LogP) is 6.14. The second kappa shape index (κ2) is 9.95. The first-order valence-electron chi connectivity index (χ1n) is 9.97. The summed E-state index contributed by atoms with van der Waals surface area (Å²) in [6, 6.07) is 8.21. The highest BCUT2D eigenvalue weighted by Crippen LogP contribution is 2.39. The Morgan fingerprint density at radius 2 is 1.61 bits per heavy atom. The highest BCUT2D eigenvalue weighted by Gasteiger charge is 2.39. The maximum atomic E-state index is 6.49. The van der Waals surface area contributed by atoms with Gasteiger partial charge in [0, 0.05) is 18.2 Å². The summed E-state index contributed by atoms with van der Waals surface area (Å²) in [5.41, 5.74) is 2.05. The van der Waals surface area contributed by atoms with Crippen LogP contribution in [0.2, 0.25) is 18.1 Å². The molecule has 0 saturated heterocycles. The smallest absolute Gasteiger partial charge is 0.250 e. The Labute approximate surface area is 173 Å². The van der Waals surface area contributed by atoms with Crippen molar-refractivity contribution in [2.45, 2.75) is 59.7 Å². The summed E-state index contributed by atoms with van der Waals surface area (Å²) in [4.78, 5) is 0. The van der Waals surface area contributed by atoms with E-state index in [-0.39, 0.29) is 10.5 Å². The summed E-state index contributed by atoms with van der Waals surface area (Å²) in [7, 11) is 1.50. The monoisotopic (exact) mass is 408 g/mol. The van der Waals surface area contributed by atoms with Crippen LogP contribution in [0.5, 0.6) is 5.75 Å². The van der Waals surface area contributed by atoms with Gasteiger partial charge in [-0.25, -0.2) is 0 Å². The van der Waals surface area contributed by atoms with E-state index >= 15 is 0 Å². The lowest BCUT2D eigenvalue weighted by atomic mass is 9.84. The second-order valence-electron chi connectivity index (χ2n) is 9.70. The summed E-state index contributed by atoms with van der Waals surface area (Å²) in [6.45, 7) is 19.4. The third-order valence-corrected chi connectivity index (χ3v) is 9.70. The van der Waals surface area contributed by atoms with Crippen LogP contribution in [0, 0.1) is 5.41 Å². The van der Waals surface area contributed by atoms with Crippen LogP contribution >= 0.6 is 0 Å². The van der Waals surface area contributed by atoms with Gasteiger partial charge in [0.25, 0.3) is 0 Å². The molecular weight excluding hydrogens is 368 g/mol. The van der Waals surface area contributed by atoms with Crippen LogP contribution in [-0.2, 0) is 14.2 Å². The van der Waals surface area contributed by atoms with Crippen molar-refractivity contribution in [3.8, 4) is 5.75 Å². The van der Waals surface area contributed by atoms with Crippen LogP contribution in [0.15, 0.2) is 29.8 Å². The molecule has 5 heteroatoms. The fourth-order valence-corrected chi connectivity index (χ4v) is 3.53. The van der Waals surface area contributed by atoms with Crippen LogP contribution in [0.1, 0.15) is 47.1 Å². The van der Waals surface area contributed by atoms with Gasteiger partial charge in [0.15, 0.2) is 0 Å². The van der Waals surface area contributed by atoms with Gasteiger partial charge in [-0.05, 0) is 35.7 Å². The molecular formula is C23H40O4Si. The molecule has 0 aliphatic rings. The Bertz CT molecular complexity index is 651. The van der Waals surface area contributed by atoms with Crippen molar-refractivity contribution in [1.82, 2.24) is 0 Å². The Morgan fingerprint density at radius 3 is 2.11 bits per heavy atom. The van der Waals surface area contributed by atoms with E-state index in [1.807, 2.05) is 12.1 Å². The van der Waals surface area contributed by atoms with Gasteiger partial charge in [-0.15, -0.1) is 0 Å². The molecule has 160 valence electrons. The molecule has 0 N–H and O–H groups in total. The standard InChI is InChI=1S/C23H40O4Si/c1-22(2,3)20(17-26-15-14-24-7)21(25-8)18-12-11-13-19(16-18)27-28(9,10)23(4,5)6/h11-13,16H,14-15,17H2,1-10H3. The average molecular weight is 409 g/mol. The third-order valence-electron chi connectivity index (χ3n) is 5.34. The van der Waals surface area contributed by atoms with Gasteiger partial charge in [0.1, 0.15) is 11.5 Å². The largest absolute Gasteiger partial charge is 0.543 e. The molecule has 0 bridgehead atoms. The van der Waals surface area contributed by atoms with Crippen LogP contribution in [0.3, 0.4) is 0 Å². The fourth-order valence-electron chi connectivity index (χ4n) is 2.50. The van der Waals surface area contributed by atoms with E-state index in [2.05, 4.69) is 66.8 Å². The third kappa shape index (κ3) is 6.94. The van der Waals surface area contributed by atoms with Crippen molar-refractivity contribution in [2.24, 2.45) is 5.41 Å². The fraction of sp³-hybridized carbons (Fsp3) is 0.652. The molecule has 4 nitrogen and oxygen atoms in total. The predicted molar refractivity (Wildman–Crippen MR) is 120 cm³/mol. The molecule has 0 spiro atoms. The van der Waals surface area contributed by atoms with E-state index in [1.165, 1.54) is 0 Å². The zero-order valence-corrected chi connectivity index (χ0v) is 20.6. The SMILES string of the molecule is COCCOCC(=C(OC)c1cccc(O[Si](C)(C)C(C)(C)C)c1)C(C)(C)C. The summed E-state index contributed by atoms with van der Waals surface area (Å²) in [6.07, 6.45) is 0. The van der Waals surface area contributed by atoms with Gasteiger partial charge < -0.3 is 18.6 Å². The van der Waals surface area contributed by atoms with E-state index in [0.29, 0.717) is 19.8 Å². The topological polar surface area (TPSA) is 36.9 Å². The van der Waals surface area contributed by atoms with Crippen molar-refractivity contribution in [3.63, 3.8) is 0 Å². The first-order valence-corrected chi connectivity index (χ1v) is 12.9. The van der Waals surface area contributed by atoms with Gasteiger partial charge in [0.05, 0.1) is 26.9 Å². The highest BCUT2D eigenvalue weighted by molar-refractivity contribution is 6.74. The van der Waals surface area contributed by atoms with Crippen molar-refractivity contribution < 1.29 is 18.6 Å². The number of hydrogen-bond acceptors (Lipinski definition) is 4. The molecule has 0 unspecified atom stereocenters. The highest BCUT2D eigenvalue weighted by atomic mass is 28.4. The van der Waals surface area contributed by atoms with Crippen LogP contribution < -0.4 is 4.43 Å². The molecule has 1 aromatic rings. The molecule has 0 saturated carbocycles. The van der Waals surface area contributed by atoms with E-state index < -0.39 is 8.32 Å². The lowest BCUT2D eigenvalue weighted by Gasteiger charge is -2.36. The molecule has 0 atom stereocenters. The van der Waals surface area contributed by atoms with E-state index in [1.54, 1.807) is 14.2 Å². The Balaban J connectivity index is 3.26. The average Bonchev–Trinajstić information content (AvgIpc) is 2.55. The number of ether oxygens (including phenoxy) is 3. The normalized spacial score (nSPS) is 13.9. The molecule has 0 aromatic heterocycles. The van der Waals surface area contributed by atoms with Crippen molar-refractivity contribution >= 4 is 14.1 Å². The van der Waals surface area contributed by atoms with Crippen molar-refractivity contribution in [2.75, 3.05) is 34.0 Å². The molecule has 0 aliphatic carbocycles. The molecule has 28 heavy (non-hydrogen) atoms. The molecule has 1 rings (SSSR count). The number of hydrogen-bond donors (Lipinski definition) is 0.